The average molecular weight is 585 g/mol. The van der Waals surface area contributed by atoms with E-state index in [1.54, 1.807) is 63.4 Å². The Kier molecular flexibility index (Phi) is 8.35. The van der Waals surface area contributed by atoms with Crippen LogP contribution in [0.25, 0.3) is 6.08 Å². The lowest BCUT2D eigenvalue weighted by molar-refractivity contribution is -0.139. The molecule has 3 aromatic carbocycles. The van der Waals surface area contributed by atoms with Gasteiger partial charge in [-0.15, -0.1) is 0 Å². The summed E-state index contributed by atoms with van der Waals surface area (Å²) in [6.07, 6.45) is 1.77. The molecule has 4 aromatic rings. The molecule has 214 valence electrons. The molecule has 0 saturated heterocycles. The van der Waals surface area contributed by atoms with Gasteiger partial charge in [-0.1, -0.05) is 53.8 Å². The molecule has 1 aliphatic heterocycles. The molecule has 1 N–H and O–H groups in total. The molecule has 10 heteroatoms. The molecular weight excluding hydrogens is 556 g/mol. The van der Waals surface area contributed by atoms with E-state index in [0.29, 0.717) is 32.1 Å². The molecule has 1 atom stereocenters. The molecule has 5 rings (SSSR count). The van der Waals surface area contributed by atoms with Crippen molar-refractivity contribution in [3.05, 3.63) is 126 Å². The number of carboxylic acid groups (broad SMARTS) is 1. The maximum atomic E-state index is 13.8. The largest absolute Gasteiger partial charge is 0.496 e. The minimum Gasteiger partial charge on any atom is -0.496 e. The maximum absolute atomic E-state index is 13.8. The van der Waals surface area contributed by atoms with E-state index in [4.69, 9.17) is 14.2 Å². The molecule has 0 bridgehead atoms. The number of hydrogen-bond donors (Lipinski definition) is 1. The van der Waals surface area contributed by atoms with Crippen LogP contribution in [0.15, 0.2) is 93.9 Å². The number of carboxylic acids is 1. The molecule has 42 heavy (non-hydrogen) atoms. The maximum Gasteiger partial charge on any atom is 0.338 e. The van der Waals surface area contributed by atoms with Crippen molar-refractivity contribution in [3.63, 3.8) is 0 Å². The van der Waals surface area contributed by atoms with Gasteiger partial charge in [0.2, 0.25) is 0 Å². The molecule has 9 nitrogen and oxygen atoms in total. The van der Waals surface area contributed by atoms with E-state index < -0.39 is 18.0 Å². The minimum atomic E-state index is -0.993. The molecule has 0 amide bonds. The summed E-state index contributed by atoms with van der Waals surface area (Å²) in [5.41, 5.74) is 2.84. The number of hydrogen-bond acceptors (Lipinski definition) is 8. The third kappa shape index (κ3) is 5.75. The first kappa shape index (κ1) is 28.6. The monoisotopic (exact) mass is 584 g/mol. The number of aromatic carboxylic acids is 1. The Labute approximate surface area is 245 Å². The summed E-state index contributed by atoms with van der Waals surface area (Å²) in [5.74, 6) is -0.388. The van der Waals surface area contributed by atoms with Gasteiger partial charge in [0, 0.05) is 5.56 Å². The van der Waals surface area contributed by atoms with Crippen molar-refractivity contribution in [1.29, 1.82) is 0 Å². The van der Waals surface area contributed by atoms with Crippen molar-refractivity contribution in [1.82, 2.24) is 4.57 Å². The van der Waals surface area contributed by atoms with Gasteiger partial charge in [-0.05, 0) is 61.4 Å². The number of thiazole rings is 1. The molecule has 0 unspecified atom stereocenters. The fourth-order valence-corrected chi connectivity index (χ4v) is 5.80. The standard InChI is InChI=1S/C32H28N2O7S/c1-4-40-31(38)27-19(2)33-32-34(28(27)24-10-5-6-11-25(24)39-3)29(35)26(42-32)17-20-12-14-23(15-13-20)41-18-21-8-7-9-22(16-21)30(36)37/h5-17,28H,4,18H2,1-3H3,(H,36,37)/b26-17-/t28-/m0/s1. The van der Waals surface area contributed by atoms with Crippen molar-refractivity contribution in [3.8, 4) is 11.5 Å². The number of allylic oxidation sites excluding steroid dienone is 1. The highest BCUT2D eigenvalue weighted by Gasteiger charge is 2.34. The van der Waals surface area contributed by atoms with Crippen molar-refractivity contribution < 1.29 is 28.9 Å². The molecule has 0 fully saturated rings. The number of nitrogens with zero attached hydrogens (tertiary/aromatic N) is 2. The van der Waals surface area contributed by atoms with Gasteiger partial charge in [-0.3, -0.25) is 9.36 Å². The van der Waals surface area contributed by atoms with Gasteiger partial charge in [0.15, 0.2) is 4.80 Å². The number of methoxy groups -OCH3 is 1. The molecule has 0 spiro atoms. The van der Waals surface area contributed by atoms with E-state index in [-0.39, 0.29) is 29.9 Å². The second kappa shape index (κ2) is 12.3. The highest BCUT2D eigenvalue weighted by atomic mass is 32.1. The molecule has 0 aliphatic carbocycles. The summed E-state index contributed by atoms with van der Waals surface area (Å²) in [6.45, 7) is 3.87. The van der Waals surface area contributed by atoms with Crippen LogP contribution < -0.4 is 24.4 Å². The van der Waals surface area contributed by atoms with E-state index in [2.05, 4.69) is 4.99 Å². The van der Waals surface area contributed by atoms with Gasteiger partial charge >= 0.3 is 11.9 Å². The van der Waals surface area contributed by atoms with Crippen LogP contribution >= 0.6 is 11.3 Å². The summed E-state index contributed by atoms with van der Waals surface area (Å²) in [6, 6.07) is 20.3. The number of fused-ring (bicyclic) bond motifs is 1. The first-order valence-electron chi connectivity index (χ1n) is 13.2. The van der Waals surface area contributed by atoms with Crippen LogP contribution in [0.3, 0.4) is 0 Å². The SMILES string of the molecule is CCOC(=O)C1=C(C)N=c2s/c(=C\c3ccc(OCc4cccc(C(=O)O)c4)cc3)c(=O)n2[C@H]1c1ccccc1OC. The Morgan fingerprint density at radius 2 is 1.83 bits per heavy atom. The molecular formula is C32H28N2O7S. The van der Waals surface area contributed by atoms with E-state index in [1.165, 1.54) is 22.0 Å². The number of carbonyl (C=O) groups excluding carboxylic acids is 1. The van der Waals surface area contributed by atoms with Gasteiger partial charge in [-0.2, -0.15) is 0 Å². The Bertz CT molecular complexity index is 1870. The Hall–Kier alpha value is -4.96. The predicted octanol–water partition coefficient (Wildman–Crippen LogP) is 4.08. The van der Waals surface area contributed by atoms with Crippen molar-refractivity contribution >= 4 is 29.4 Å². The number of para-hydroxylation sites is 1. The second-order valence-corrected chi connectivity index (χ2v) is 10.4. The normalized spacial score (nSPS) is 14.6. The van der Waals surface area contributed by atoms with Crippen LogP contribution in [0.4, 0.5) is 0 Å². The number of aromatic nitrogens is 1. The first-order chi connectivity index (χ1) is 20.3. The molecule has 1 aromatic heterocycles. The van der Waals surface area contributed by atoms with Gasteiger partial charge in [0.1, 0.15) is 24.1 Å². The van der Waals surface area contributed by atoms with Crippen LogP contribution in [-0.4, -0.2) is 35.3 Å². The number of ether oxygens (including phenoxy) is 3. The molecule has 2 heterocycles. The van der Waals surface area contributed by atoms with Crippen molar-refractivity contribution in [2.75, 3.05) is 13.7 Å². The zero-order valence-electron chi connectivity index (χ0n) is 23.2. The lowest BCUT2D eigenvalue weighted by Gasteiger charge is -2.25. The van der Waals surface area contributed by atoms with Crippen LogP contribution in [0.5, 0.6) is 11.5 Å². The predicted molar refractivity (Wildman–Crippen MR) is 158 cm³/mol. The summed E-state index contributed by atoms with van der Waals surface area (Å²) in [4.78, 5) is 43.2. The fraction of sp³-hybridized carbons (Fsp3) is 0.188. The molecule has 0 saturated carbocycles. The van der Waals surface area contributed by atoms with E-state index in [1.807, 2.05) is 30.3 Å². The Morgan fingerprint density at radius 3 is 2.55 bits per heavy atom. The molecule has 0 radical (unpaired) electrons. The average Bonchev–Trinajstić information content (AvgIpc) is 3.30. The minimum absolute atomic E-state index is 0.188. The van der Waals surface area contributed by atoms with Gasteiger partial charge in [0.05, 0.1) is 35.1 Å². The lowest BCUT2D eigenvalue weighted by atomic mass is 9.95. The number of carbonyl (C=O) groups is 2. The van der Waals surface area contributed by atoms with Crippen LogP contribution in [0, 0.1) is 0 Å². The van der Waals surface area contributed by atoms with Gasteiger partial charge in [-0.25, -0.2) is 14.6 Å². The second-order valence-electron chi connectivity index (χ2n) is 9.41. The van der Waals surface area contributed by atoms with E-state index in [9.17, 15) is 19.5 Å². The fourth-order valence-electron chi connectivity index (χ4n) is 4.75. The molecule has 1 aliphatic rings. The summed E-state index contributed by atoms with van der Waals surface area (Å²) < 4.78 is 18.7. The van der Waals surface area contributed by atoms with Crippen molar-refractivity contribution in [2.45, 2.75) is 26.5 Å². The quantitative estimate of drug-likeness (QED) is 0.295. The van der Waals surface area contributed by atoms with Gasteiger partial charge in [0.25, 0.3) is 5.56 Å². The summed E-state index contributed by atoms with van der Waals surface area (Å²) in [7, 11) is 1.55. The van der Waals surface area contributed by atoms with E-state index >= 15 is 0 Å². The highest BCUT2D eigenvalue weighted by molar-refractivity contribution is 7.07. The first-order valence-corrected chi connectivity index (χ1v) is 14.0. The Morgan fingerprint density at radius 1 is 1.07 bits per heavy atom. The van der Waals surface area contributed by atoms with Crippen LogP contribution in [-0.2, 0) is 16.1 Å². The van der Waals surface area contributed by atoms with E-state index in [0.717, 1.165) is 11.1 Å². The smallest absolute Gasteiger partial charge is 0.338 e. The zero-order chi connectivity index (χ0) is 29.8. The topological polar surface area (TPSA) is 116 Å². The highest BCUT2D eigenvalue weighted by Crippen LogP contribution is 2.35. The number of benzene rings is 3. The summed E-state index contributed by atoms with van der Waals surface area (Å²) >= 11 is 1.24. The van der Waals surface area contributed by atoms with Crippen LogP contribution in [0.2, 0.25) is 0 Å². The lowest BCUT2D eigenvalue weighted by Crippen LogP contribution is -2.40. The van der Waals surface area contributed by atoms with Crippen molar-refractivity contribution in [2.24, 2.45) is 4.99 Å². The number of esters is 1. The third-order valence-corrected chi connectivity index (χ3v) is 7.69. The third-order valence-electron chi connectivity index (χ3n) is 6.71. The summed E-state index contributed by atoms with van der Waals surface area (Å²) in [5, 5.41) is 9.19. The van der Waals surface area contributed by atoms with Gasteiger partial charge < -0.3 is 19.3 Å². The Balaban J connectivity index is 1.48. The van der Waals surface area contributed by atoms with Crippen LogP contribution in [0.1, 0.15) is 46.9 Å². The zero-order valence-corrected chi connectivity index (χ0v) is 24.0. The number of rotatable bonds is 9.